The van der Waals surface area contributed by atoms with Crippen LogP contribution in [0.1, 0.15) is 31.8 Å². The van der Waals surface area contributed by atoms with Crippen LogP contribution in [0, 0.1) is 6.92 Å². The maximum Gasteiger partial charge on any atom is 0.347 e. The zero-order valence-electron chi connectivity index (χ0n) is 20.0. The van der Waals surface area contributed by atoms with Gasteiger partial charge in [-0.3, -0.25) is 4.79 Å². The molecule has 3 aromatic rings. The van der Waals surface area contributed by atoms with E-state index in [2.05, 4.69) is 0 Å². The van der Waals surface area contributed by atoms with Gasteiger partial charge in [0.15, 0.2) is 17.3 Å². The zero-order valence-corrected chi connectivity index (χ0v) is 20.0. The van der Waals surface area contributed by atoms with Crippen LogP contribution in [0.2, 0.25) is 0 Å². The molecule has 8 heteroatoms. The summed E-state index contributed by atoms with van der Waals surface area (Å²) in [5, 5.41) is 0. The molecule has 35 heavy (non-hydrogen) atoms. The number of Topliss-reactive ketones (excluding diaryl/α,β-unsaturated/α-hetero) is 1. The Kier molecular flexibility index (Phi) is 6.64. The highest BCUT2D eigenvalue weighted by Crippen LogP contribution is 2.41. The van der Waals surface area contributed by atoms with Gasteiger partial charge in [0.1, 0.15) is 22.8 Å². The molecule has 8 nitrogen and oxygen atoms in total. The minimum atomic E-state index is -0.584. The van der Waals surface area contributed by atoms with E-state index in [-0.39, 0.29) is 22.9 Å². The van der Waals surface area contributed by atoms with Crippen molar-refractivity contribution in [1.29, 1.82) is 0 Å². The number of hydrogen-bond acceptors (Lipinski definition) is 8. The quantitative estimate of drug-likeness (QED) is 0.271. The summed E-state index contributed by atoms with van der Waals surface area (Å²) < 4.78 is 32.7. The molecule has 0 amide bonds. The highest BCUT2D eigenvalue weighted by molar-refractivity contribution is 6.15. The minimum absolute atomic E-state index is 0.116. The summed E-state index contributed by atoms with van der Waals surface area (Å²) >= 11 is 0. The van der Waals surface area contributed by atoms with Crippen LogP contribution in [0.4, 0.5) is 0 Å². The topological polar surface area (TPSA) is 89.5 Å². The minimum Gasteiger partial charge on any atom is -0.496 e. The van der Waals surface area contributed by atoms with Crippen LogP contribution in [0.25, 0.3) is 6.08 Å². The maximum absolute atomic E-state index is 13.1. The lowest BCUT2D eigenvalue weighted by molar-refractivity contribution is 0.0731. The van der Waals surface area contributed by atoms with Gasteiger partial charge in [-0.1, -0.05) is 12.1 Å². The second kappa shape index (κ2) is 9.80. The molecule has 1 heterocycles. The van der Waals surface area contributed by atoms with Crippen LogP contribution in [0.15, 0.2) is 54.3 Å². The number of carbonyl (C=O) groups is 2. The number of allylic oxidation sites excluding steroid dienone is 1. The molecule has 0 unspecified atom stereocenters. The van der Waals surface area contributed by atoms with Crippen molar-refractivity contribution in [3.05, 3.63) is 76.5 Å². The first kappa shape index (κ1) is 23.7. The number of aryl methyl sites for hydroxylation is 1. The number of ketones is 1. The second-order valence-electron chi connectivity index (χ2n) is 7.60. The Bertz CT molecular complexity index is 1310. The van der Waals surface area contributed by atoms with E-state index in [0.717, 1.165) is 0 Å². The Labute approximate surface area is 202 Å². The number of benzene rings is 3. The lowest BCUT2D eigenvalue weighted by Gasteiger charge is -2.13. The highest BCUT2D eigenvalue weighted by atomic mass is 16.5. The molecular weight excluding hydrogens is 452 g/mol. The molecule has 0 saturated carbocycles. The SMILES string of the molecule is COc1ccccc1C(=O)Oc1cc(C)c2c(c1)O/C(=C\c1cc(OC)c(OC)c(OC)c1)C2=O. The van der Waals surface area contributed by atoms with Gasteiger partial charge >= 0.3 is 5.97 Å². The molecule has 4 rings (SSSR count). The lowest BCUT2D eigenvalue weighted by Crippen LogP contribution is -2.10. The fourth-order valence-corrected chi connectivity index (χ4v) is 3.85. The third-order valence-corrected chi connectivity index (χ3v) is 5.47. The van der Waals surface area contributed by atoms with E-state index < -0.39 is 5.97 Å². The smallest absolute Gasteiger partial charge is 0.347 e. The van der Waals surface area contributed by atoms with Crippen molar-refractivity contribution in [2.75, 3.05) is 28.4 Å². The summed E-state index contributed by atoms with van der Waals surface area (Å²) in [5.41, 5.74) is 1.92. The molecule has 0 atom stereocenters. The van der Waals surface area contributed by atoms with E-state index >= 15 is 0 Å². The molecule has 0 N–H and O–H groups in total. The summed E-state index contributed by atoms with van der Waals surface area (Å²) in [6.45, 7) is 1.75. The van der Waals surface area contributed by atoms with Crippen molar-refractivity contribution in [2.24, 2.45) is 0 Å². The maximum atomic E-state index is 13.1. The fraction of sp³-hybridized carbons (Fsp3) is 0.185. The summed E-state index contributed by atoms with van der Waals surface area (Å²) in [7, 11) is 6.02. The average Bonchev–Trinajstić information content (AvgIpc) is 3.18. The van der Waals surface area contributed by atoms with Gasteiger partial charge in [0, 0.05) is 6.07 Å². The van der Waals surface area contributed by atoms with Crippen LogP contribution in [0.5, 0.6) is 34.5 Å². The van der Waals surface area contributed by atoms with Crippen LogP contribution in [-0.4, -0.2) is 40.2 Å². The first-order valence-corrected chi connectivity index (χ1v) is 10.6. The largest absolute Gasteiger partial charge is 0.496 e. The van der Waals surface area contributed by atoms with Crippen molar-refractivity contribution in [3.63, 3.8) is 0 Å². The molecular formula is C27H24O8. The van der Waals surface area contributed by atoms with Gasteiger partial charge in [0.2, 0.25) is 11.5 Å². The van der Waals surface area contributed by atoms with Crippen LogP contribution < -0.4 is 28.4 Å². The predicted molar refractivity (Wildman–Crippen MR) is 128 cm³/mol. The molecule has 0 aliphatic carbocycles. The molecule has 0 fully saturated rings. The predicted octanol–water partition coefficient (Wildman–Crippen LogP) is 4.86. The van der Waals surface area contributed by atoms with Gasteiger partial charge in [-0.2, -0.15) is 0 Å². The van der Waals surface area contributed by atoms with Crippen LogP contribution in [-0.2, 0) is 0 Å². The number of carbonyl (C=O) groups excluding carboxylic acids is 2. The number of methoxy groups -OCH3 is 4. The van der Waals surface area contributed by atoms with Crippen molar-refractivity contribution in [3.8, 4) is 34.5 Å². The van der Waals surface area contributed by atoms with E-state index in [0.29, 0.717) is 45.4 Å². The Morgan fingerprint density at radius 1 is 0.857 bits per heavy atom. The monoisotopic (exact) mass is 476 g/mol. The zero-order chi connectivity index (χ0) is 25.1. The van der Waals surface area contributed by atoms with E-state index in [1.54, 1.807) is 55.5 Å². The number of fused-ring (bicyclic) bond motifs is 1. The number of esters is 1. The van der Waals surface area contributed by atoms with E-state index in [9.17, 15) is 9.59 Å². The van der Waals surface area contributed by atoms with Gasteiger partial charge in [0.25, 0.3) is 0 Å². The number of ether oxygens (including phenoxy) is 6. The average molecular weight is 476 g/mol. The molecule has 0 radical (unpaired) electrons. The summed E-state index contributed by atoms with van der Waals surface area (Å²) in [6.07, 6.45) is 1.59. The fourth-order valence-electron chi connectivity index (χ4n) is 3.85. The lowest BCUT2D eigenvalue weighted by atomic mass is 10.0. The van der Waals surface area contributed by atoms with Gasteiger partial charge < -0.3 is 28.4 Å². The second-order valence-corrected chi connectivity index (χ2v) is 7.60. The molecule has 0 aromatic heterocycles. The normalized spacial score (nSPS) is 13.2. The molecule has 0 bridgehead atoms. The van der Waals surface area contributed by atoms with E-state index in [1.165, 1.54) is 34.5 Å². The Morgan fingerprint density at radius 3 is 2.14 bits per heavy atom. The molecule has 0 spiro atoms. The highest BCUT2D eigenvalue weighted by Gasteiger charge is 2.31. The Hall–Kier alpha value is -4.46. The molecule has 180 valence electrons. The van der Waals surface area contributed by atoms with E-state index in [4.69, 9.17) is 28.4 Å². The van der Waals surface area contributed by atoms with Gasteiger partial charge in [0.05, 0.1) is 34.0 Å². The van der Waals surface area contributed by atoms with E-state index in [1.807, 2.05) is 0 Å². The van der Waals surface area contributed by atoms with Gasteiger partial charge in [-0.05, 0) is 54.5 Å². The molecule has 1 aliphatic rings. The molecule has 0 saturated heterocycles. The van der Waals surface area contributed by atoms with Crippen molar-refractivity contribution < 1.29 is 38.0 Å². The Balaban J connectivity index is 1.64. The summed E-state index contributed by atoms with van der Waals surface area (Å²) in [6, 6.07) is 13.3. The van der Waals surface area contributed by atoms with Crippen molar-refractivity contribution in [1.82, 2.24) is 0 Å². The molecule has 3 aromatic carbocycles. The first-order chi connectivity index (χ1) is 16.9. The van der Waals surface area contributed by atoms with Crippen molar-refractivity contribution >= 4 is 17.8 Å². The standard InChI is InChI=1S/C27H24O8/c1-15-10-17(34-27(29)18-8-6-7-9-19(18)30-2)14-20-24(15)25(28)21(35-20)11-16-12-22(31-3)26(33-5)23(13-16)32-4/h6-14H,1-5H3/b21-11-. The summed E-state index contributed by atoms with van der Waals surface area (Å²) in [4.78, 5) is 25.8. The Morgan fingerprint density at radius 2 is 1.51 bits per heavy atom. The van der Waals surface area contributed by atoms with Gasteiger partial charge in [-0.15, -0.1) is 0 Å². The van der Waals surface area contributed by atoms with Gasteiger partial charge in [-0.25, -0.2) is 4.79 Å². The number of hydrogen-bond donors (Lipinski definition) is 0. The third-order valence-electron chi connectivity index (χ3n) is 5.47. The van der Waals surface area contributed by atoms with Crippen LogP contribution >= 0.6 is 0 Å². The van der Waals surface area contributed by atoms with Crippen LogP contribution in [0.3, 0.4) is 0 Å². The third kappa shape index (κ3) is 4.50. The summed E-state index contributed by atoms with van der Waals surface area (Å²) in [5.74, 6) is 1.54. The number of rotatable bonds is 7. The number of para-hydroxylation sites is 1. The molecule has 1 aliphatic heterocycles. The first-order valence-electron chi connectivity index (χ1n) is 10.6. The van der Waals surface area contributed by atoms with Crippen molar-refractivity contribution in [2.45, 2.75) is 6.92 Å².